The van der Waals surface area contributed by atoms with E-state index in [1.165, 1.54) is 31.4 Å². The molecule has 1 saturated carbocycles. The number of hydrogen-bond acceptors (Lipinski definition) is 8. The second kappa shape index (κ2) is 10.7. The van der Waals surface area contributed by atoms with Crippen LogP contribution >= 0.6 is 0 Å². The number of rotatable bonds is 4. The van der Waals surface area contributed by atoms with Crippen LogP contribution in [-0.4, -0.2) is 58.8 Å². The van der Waals surface area contributed by atoms with Crippen LogP contribution in [-0.2, 0) is 11.2 Å². The summed E-state index contributed by atoms with van der Waals surface area (Å²) in [5.74, 6) is 2.08. The van der Waals surface area contributed by atoms with Gasteiger partial charge in [-0.2, -0.15) is 0 Å². The van der Waals surface area contributed by atoms with Gasteiger partial charge < -0.3 is 9.72 Å². The number of nitrogens with one attached hydrogen (secondary N) is 1. The molecule has 10 nitrogen and oxygen atoms in total. The minimum absolute atomic E-state index is 0.189. The van der Waals surface area contributed by atoms with Gasteiger partial charge in [-0.25, -0.2) is 34.7 Å². The summed E-state index contributed by atoms with van der Waals surface area (Å²) in [4.78, 5) is 46.5. The predicted octanol–water partition coefficient (Wildman–Crippen LogP) is 7.52. The van der Waals surface area contributed by atoms with Gasteiger partial charge in [0.1, 0.15) is 11.4 Å². The maximum Gasteiger partial charge on any atom is 0.410 e. The minimum atomic E-state index is -0.554. The Labute approximate surface area is 261 Å². The first-order chi connectivity index (χ1) is 21.8. The smallest absolute Gasteiger partial charge is 0.410 e. The Hall–Kier alpha value is -4.73. The normalized spacial score (nSPS) is 18.6. The number of amides is 1. The van der Waals surface area contributed by atoms with Gasteiger partial charge in [-0.05, 0) is 75.3 Å². The molecule has 2 fully saturated rings. The lowest BCUT2D eigenvalue weighted by Gasteiger charge is -2.27. The largest absolute Gasteiger partial charge is 0.444 e. The van der Waals surface area contributed by atoms with E-state index in [9.17, 15) is 4.79 Å². The molecule has 3 aromatic heterocycles. The van der Waals surface area contributed by atoms with Crippen molar-refractivity contribution in [3.05, 3.63) is 60.3 Å². The van der Waals surface area contributed by atoms with Crippen LogP contribution in [0, 0.1) is 5.92 Å². The first-order valence-corrected chi connectivity index (χ1v) is 16.0. The van der Waals surface area contributed by atoms with Crippen molar-refractivity contribution in [3.8, 4) is 22.5 Å². The van der Waals surface area contributed by atoms with E-state index in [-0.39, 0.29) is 12.1 Å². The number of carbonyl (C=O) groups is 1. The lowest BCUT2D eigenvalue weighted by atomic mass is 9.99. The number of H-pyrrole nitrogens is 1. The average Bonchev–Trinajstić information content (AvgIpc) is 3.84. The van der Waals surface area contributed by atoms with E-state index in [2.05, 4.69) is 51.4 Å². The van der Waals surface area contributed by atoms with Crippen molar-refractivity contribution in [3.63, 3.8) is 0 Å². The zero-order valence-electron chi connectivity index (χ0n) is 25.9. The van der Waals surface area contributed by atoms with Crippen molar-refractivity contribution in [2.75, 3.05) is 6.54 Å². The summed E-state index contributed by atoms with van der Waals surface area (Å²) < 4.78 is 5.63. The number of fused-ring (bicyclic) bond motifs is 3. The second-order valence-electron chi connectivity index (χ2n) is 13.4. The number of benzene rings is 2. The molecule has 1 amide bonds. The van der Waals surface area contributed by atoms with Crippen molar-refractivity contribution in [2.24, 2.45) is 10.9 Å². The molecule has 8 rings (SSSR count). The van der Waals surface area contributed by atoms with Crippen molar-refractivity contribution in [2.45, 2.75) is 77.4 Å². The van der Waals surface area contributed by atoms with Crippen LogP contribution < -0.4 is 0 Å². The predicted molar refractivity (Wildman–Crippen MR) is 173 cm³/mol. The van der Waals surface area contributed by atoms with E-state index >= 15 is 0 Å². The number of ether oxygens (including phenoxy) is 1. The van der Waals surface area contributed by atoms with Crippen LogP contribution in [0.3, 0.4) is 0 Å². The van der Waals surface area contributed by atoms with Crippen molar-refractivity contribution in [1.29, 1.82) is 0 Å². The van der Waals surface area contributed by atoms with Crippen LogP contribution in [0.1, 0.15) is 76.9 Å². The maximum absolute atomic E-state index is 12.8. The third-order valence-corrected chi connectivity index (χ3v) is 9.10. The van der Waals surface area contributed by atoms with Crippen LogP contribution in [0.15, 0.2) is 53.8 Å². The fraction of sp³-hybridized carbons (Fsp3) is 0.400. The molecule has 5 aromatic rings. The third-order valence-electron chi connectivity index (χ3n) is 9.10. The molecule has 2 aromatic carbocycles. The zero-order valence-corrected chi connectivity index (χ0v) is 25.9. The molecule has 45 heavy (non-hydrogen) atoms. The quantitative estimate of drug-likeness (QED) is 0.226. The van der Waals surface area contributed by atoms with E-state index in [0.717, 1.165) is 64.1 Å². The molecule has 0 spiro atoms. The number of aliphatic imine (C=N–C) groups is 1. The third kappa shape index (κ3) is 5.32. The van der Waals surface area contributed by atoms with Gasteiger partial charge in [0.15, 0.2) is 17.1 Å². The Morgan fingerprint density at radius 2 is 1.60 bits per heavy atom. The summed E-state index contributed by atoms with van der Waals surface area (Å²) in [7, 11) is 0. The summed E-state index contributed by atoms with van der Waals surface area (Å²) in [5.41, 5.74) is 6.47. The molecule has 1 N–H and O–H groups in total. The Balaban J connectivity index is 1.02. The lowest BCUT2D eigenvalue weighted by Crippen LogP contribution is -2.36. The van der Waals surface area contributed by atoms with Gasteiger partial charge in [0.2, 0.25) is 0 Å². The number of imidazole rings is 1. The fourth-order valence-electron chi connectivity index (χ4n) is 6.88. The van der Waals surface area contributed by atoms with Gasteiger partial charge in [-0.3, -0.25) is 4.90 Å². The number of likely N-dealkylation sites (tertiary alicyclic amines) is 1. The fourth-order valence-corrected chi connectivity index (χ4v) is 6.88. The summed E-state index contributed by atoms with van der Waals surface area (Å²) in [6.07, 6.45) is 10.9. The number of aromatic nitrogens is 6. The lowest BCUT2D eigenvalue weighted by molar-refractivity contribution is 0.0219. The maximum atomic E-state index is 12.8. The van der Waals surface area contributed by atoms with Gasteiger partial charge in [0.05, 0.1) is 35.5 Å². The highest BCUT2D eigenvalue weighted by Gasteiger charge is 2.35. The van der Waals surface area contributed by atoms with Gasteiger partial charge in [0.25, 0.3) is 0 Å². The van der Waals surface area contributed by atoms with Crippen LogP contribution in [0.2, 0.25) is 0 Å². The van der Waals surface area contributed by atoms with E-state index < -0.39 is 5.60 Å². The Bertz CT molecular complexity index is 1990. The summed E-state index contributed by atoms with van der Waals surface area (Å²) in [6.45, 7) is 6.27. The molecule has 0 unspecified atom stereocenters. The van der Waals surface area contributed by atoms with E-state index in [0.29, 0.717) is 29.6 Å². The highest BCUT2D eigenvalue weighted by Crippen LogP contribution is 2.35. The molecule has 5 heterocycles. The van der Waals surface area contributed by atoms with Crippen LogP contribution in [0.5, 0.6) is 0 Å². The highest BCUT2D eigenvalue weighted by molar-refractivity contribution is 5.95. The van der Waals surface area contributed by atoms with Gasteiger partial charge in [-0.1, -0.05) is 37.1 Å². The molecule has 0 bridgehead atoms. The number of carbonyl (C=O) groups excluding carboxylic acids is 1. The number of hydrogen-bond donors (Lipinski definition) is 1. The SMILES string of the molecule is CC(C)(C)OC(=O)N1CCC[C@H]1c1nc2ncc(-c3ccc4cc(-c5cnc6c(n5)CC(C5CCCC5)=N6)ccc4c3)nc2[nH]1. The first kappa shape index (κ1) is 27.8. The molecular formula is C35H36N8O2. The molecule has 10 heteroatoms. The minimum Gasteiger partial charge on any atom is -0.444 e. The standard InChI is InChI=1S/C35H36N8O2/c1-35(2,3)45-34(44)43-14-6-9-29(43)31-41-32-33(42-31)40-28(19-37-32)24-13-11-21-15-23(12-10-22(21)16-24)27-18-36-30-26(38-27)17-25(39-30)20-7-4-5-8-20/h10-13,15-16,18-20,29H,4-9,14,17H2,1-3H3,(H,37,40,41,42)/t29-/m0/s1. The Morgan fingerprint density at radius 1 is 0.889 bits per heavy atom. The van der Waals surface area contributed by atoms with Crippen LogP contribution in [0.25, 0.3) is 44.6 Å². The Morgan fingerprint density at radius 3 is 2.33 bits per heavy atom. The van der Waals surface area contributed by atoms with E-state index in [1.807, 2.05) is 27.0 Å². The molecule has 2 aliphatic heterocycles. The first-order valence-electron chi connectivity index (χ1n) is 16.0. The monoisotopic (exact) mass is 600 g/mol. The van der Waals surface area contributed by atoms with Crippen molar-refractivity contribution < 1.29 is 9.53 Å². The average molecular weight is 601 g/mol. The van der Waals surface area contributed by atoms with E-state index in [4.69, 9.17) is 24.7 Å². The summed E-state index contributed by atoms with van der Waals surface area (Å²) >= 11 is 0. The molecular weight excluding hydrogens is 564 g/mol. The van der Waals surface area contributed by atoms with E-state index in [1.54, 1.807) is 11.1 Å². The van der Waals surface area contributed by atoms with Crippen molar-refractivity contribution >= 4 is 39.7 Å². The number of aromatic amines is 1. The molecule has 1 saturated heterocycles. The molecule has 228 valence electrons. The van der Waals surface area contributed by atoms with Gasteiger partial charge in [-0.15, -0.1) is 0 Å². The molecule has 1 atom stereocenters. The Kier molecular flexibility index (Phi) is 6.62. The van der Waals surface area contributed by atoms with Crippen LogP contribution in [0.4, 0.5) is 10.6 Å². The van der Waals surface area contributed by atoms with Gasteiger partial charge >= 0.3 is 6.09 Å². The highest BCUT2D eigenvalue weighted by atomic mass is 16.6. The van der Waals surface area contributed by atoms with Crippen molar-refractivity contribution in [1.82, 2.24) is 34.8 Å². The second-order valence-corrected chi connectivity index (χ2v) is 13.4. The number of nitrogens with zero attached hydrogens (tertiary/aromatic N) is 7. The molecule has 0 radical (unpaired) electrons. The molecule has 1 aliphatic carbocycles. The van der Waals surface area contributed by atoms with Gasteiger partial charge in [0, 0.05) is 29.8 Å². The summed E-state index contributed by atoms with van der Waals surface area (Å²) in [5, 5.41) is 2.21. The molecule has 3 aliphatic rings. The summed E-state index contributed by atoms with van der Waals surface area (Å²) in [6, 6.07) is 12.5. The zero-order chi connectivity index (χ0) is 30.7. The topological polar surface area (TPSA) is 122 Å².